The molecule has 0 bridgehead atoms. The van der Waals surface area contributed by atoms with Gasteiger partial charge in [0.1, 0.15) is 11.7 Å². The van der Waals surface area contributed by atoms with Gasteiger partial charge in [0.2, 0.25) is 0 Å². The molecule has 0 aromatic heterocycles. The molecule has 0 saturated heterocycles. The first-order valence-corrected chi connectivity index (χ1v) is 29.1. The molecule has 16 atom stereocenters. The molecule has 4 N–H and O–H groups in total. The number of carboxylic acids is 1. The van der Waals surface area contributed by atoms with Gasteiger partial charge in [0.15, 0.2) is 5.78 Å². The second kappa shape index (κ2) is 21.2. The summed E-state index contributed by atoms with van der Waals surface area (Å²) in [4.78, 5) is 52.5. The molecule has 6 fully saturated rings. The Morgan fingerprint density at radius 3 is 2.38 bits per heavy atom. The van der Waals surface area contributed by atoms with Crippen molar-refractivity contribution in [3.8, 4) is 0 Å². The fraction of sp³-hybridized carbons (Fsp3) is 0.774. The number of nitrogens with zero attached hydrogens (tertiary/aromatic N) is 1. The lowest BCUT2D eigenvalue weighted by Gasteiger charge is -2.64. The monoisotopic (exact) mass is 1020 g/mol. The number of aliphatic carboxylic acids is 1. The number of nitrogens with one attached hydrogen (secondary N) is 1. The molecular weight excluding hydrogens is 933 g/mol. The number of fused-ring (bicyclic) bond motifs is 9. The summed E-state index contributed by atoms with van der Waals surface area (Å²) in [5, 5.41) is 36.6. The fourth-order valence-corrected chi connectivity index (χ4v) is 17.7. The molecule has 1 aromatic rings. The number of anilines is 1. The van der Waals surface area contributed by atoms with Crippen molar-refractivity contribution in [2.24, 2.45) is 63.6 Å². The van der Waals surface area contributed by atoms with Crippen LogP contribution in [0.1, 0.15) is 189 Å². The summed E-state index contributed by atoms with van der Waals surface area (Å²) >= 11 is 0. The lowest BCUT2D eigenvalue weighted by Crippen LogP contribution is -2.63. The fourth-order valence-electron chi connectivity index (χ4n) is 17.7. The highest BCUT2D eigenvalue weighted by Gasteiger charge is 2.67. The lowest BCUT2D eigenvalue weighted by molar-refractivity contribution is -0.219. The quantitative estimate of drug-likeness (QED) is 0.0917. The molecule has 410 valence electrons. The van der Waals surface area contributed by atoms with Crippen molar-refractivity contribution in [1.82, 2.24) is 5.32 Å². The number of ether oxygens (including phenoxy) is 3. The highest BCUT2D eigenvalue weighted by atomic mass is 16.6. The zero-order valence-electron chi connectivity index (χ0n) is 46.5. The summed E-state index contributed by atoms with van der Waals surface area (Å²) in [7, 11) is 2.14. The Morgan fingerprint density at radius 2 is 1.65 bits per heavy atom. The number of ketones is 1. The molecule has 0 spiro atoms. The normalized spacial score (nSPS) is 38.8. The van der Waals surface area contributed by atoms with Crippen LogP contribution in [0, 0.1) is 63.6 Å². The second-order valence-corrected chi connectivity index (χ2v) is 26.9. The number of hydrogen-bond acceptors (Lipinski definition) is 10. The van der Waals surface area contributed by atoms with E-state index in [4.69, 9.17) is 14.2 Å². The van der Waals surface area contributed by atoms with E-state index in [2.05, 4.69) is 76.1 Å². The van der Waals surface area contributed by atoms with Crippen molar-refractivity contribution >= 4 is 29.5 Å². The van der Waals surface area contributed by atoms with Crippen LogP contribution >= 0.6 is 0 Å². The summed E-state index contributed by atoms with van der Waals surface area (Å²) < 4.78 is 18.8. The van der Waals surface area contributed by atoms with E-state index in [9.17, 15) is 34.5 Å². The molecule has 6 saturated carbocycles. The van der Waals surface area contributed by atoms with Crippen LogP contribution < -0.4 is 10.2 Å². The van der Waals surface area contributed by atoms with Gasteiger partial charge < -0.3 is 39.7 Å². The van der Waals surface area contributed by atoms with Crippen molar-refractivity contribution in [1.29, 1.82) is 0 Å². The first-order valence-electron chi connectivity index (χ1n) is 29.1. The summed E-state index contributed by atoms with van der Waals surface area (Å²) in [5.41, 5.74) is 4.80. The average Bonchev–Trinajstić information content (AvgIpc) is 3.82. The van der Waals surface area contributed by atoms with E-state index >= 15 is 0 Å². The van der Waals surface area contributed by atoms with E-state index in [-0.39, 0.29) is 89.1 Å². The molecule has 0 aliphatic heterocycles. The highest BCUT2D eigenvalue weighted by molar-refractivity contribution is 5.93. The number of amides is 1. The number of benzene rings is 1. The minimum absolute atomic E-state index is 0.0421. The third-order valence-electron chi connectivity index (χ3n) is 21.9. The van der Waals surface area contributed by atoms with Crippen molar-refractivity contribution in [3.05, 3.63) is 52.6 Å². The largest absolute Gasteiger partial charge is 0.481 e. The number of allylic oxidation sites excluding steroid dienone is 4. The first-order chi connectivity index (χ1) is 34.9. The SMILES string of the molecule is C[C@H](CCC(=O)O)[C@H]1CC[C@H]2[C@@H]3[C@H](OC(=O)CCCCNC(=O)OC(C)(C)C)C[C@@H]4C[C@@H](OCCN(C)c5ccc([C@H]6C[C@@]7(C)C(CC[C@]7(C)O)C7CCC8=CC(=O)CCC8=C76)cc5)CC[C@]4(C)[C@H]3C[C@H](O)[C@]12C. The number of likely N-dealkylation sites (N-methyl/N-ethyl adjacent to an activating group) is 1. The van der Waals surface area contributed by atoms with Gasteiger partial charge in [0.25, 0.3) is 0 Å². The number of rotatable bonds is 16. The smallest absolute Gasteiger partial charge is 0.407 e. The summed E-state index contributed by atoms with van der Waals surface area (Å²) in [6, 6.07) is 9.12. The molecule has 0 radical (unpaired) electrons. The van der Waals surface area contributed by atoms with Gasteiger partial charge in [-0.1, -0.05) is 45.4 Å². The van der Waals surface area contributed by atoms with E-state index < -0.39 is 34.8 Å². The number of carbonyl (C=O) groups excluding carboxylic acids is 3. The van der Waals surface area contributed by atoms with E-state index in [1.54, 1.807) is 5.57 Å². The number of unbranched alkanes of at least 4 members (excludes halogenated alkanes) is 1. The predicted molar refractivity (Wildman–Crippen MR) is 286 cm³/mol. The van der Waals surface area contributed by atoms with Crippen LogP contribution in [-0.4, -0.2) is 95.4 Å². The van der Waals surface area contributed by atoms with Crippen LogP contribution in [0.25, 0.3) is 0 Å². The van der Waals surface area contributed by atoms with E-state index in [1.807, 2.05) is 26.8 Å². The molecule has 8 aliphatic carbocycles. The third kappa shape index (κ3) is 10.5. The van der Waals surface area contributed by atoms with Crippen LogP contribution in [0.15, 0.2) is 47.1 Å². The number of carboxylic acid groups (broad SMARTS) is 1. The molecule has 12 heteroatoms. The third-order valence-corrected chi connectivity index (χ3v) is 21.9. The maximum atomic E-state index is 13.9. The van der Waals surface area contributed by atoms with Gasteiger partial charge in [-0.15, -0.1) is 0 Å². The summed E-state index contributed by atoms with van der Waals surface area (Å²) in [5.74, 6) is 1.45. The standard InChI is InChI=1S/C62H92N2O10/c1-37(13-24-53(67)68)47-22-23-49-56-50(35-52(66)62(47,49)8)59(5)27-25-43(33-40(59)34-51(56)73-54(69)12-10-11-29-63-57(70)74-58(2,3)4)72-31-30-64(9)41-17-14-38(15-18-41)46-36-60(6)48(26-28-61(60,7)71)45-20-16-39-32-42(65)19-21-44(39)55(45)46/h14-15,17-18,32,37,40,43,45-52,56,66,71H,10-13,16,19-31,33-36H2,1-9H3,(H,63,70)(H,67,68)/t37-,40+,43+,45?,46-,47-,48?,49+,50+,51-,52+,56+,59+,60+,61+,62-/m1/s1. The molecular formula is C62H92N2O10. The van der Waals surface area contributed by atoms with Crippen LogP contribution in [0.5, 0.6) is 0 Å². The topological polar surface area (TPSA) is 172 Å². The molecule has 0 heterocycles. The maximum absolute atomic E-state index is 13.9. The maximum Gasteiger partial charge on any atom is 0.407 e. The number of hydrogen-bond donors (Lipinski definition) is 4. The summed E-state index contributed by atoms with van der Waals surface area (Å²) in [6.07, 6.45) is 15.3. The second-order valence-electron chi connectivity index (χ2n) is 26.9. The van der Waals surface area contributed by atoms with Gasteiger partial charge in [-0.05, 0) is 218 Å². The van der Waals surface area contributed by atoms with Crippen LogP contribution in [-0.2, 0) is 28.6 Å². The van der Waals surface area contributed by atoms with E-state index in [0.717, 1.165) is 89.3 Å². The predicted octanol–water partition coefficient (Wildman–Crippen LogP) is 11.5. The number of alkyl carbamates (subject to hydrolysis) is 1. The number of carbonyl (C=O) groups is 4. The van der Waals surface area contributed by atoms with Gasteiger partial charge in [-0.2, -0.15) is 0 Å². The molecule has 9 rings (SSSR count). The van der Waals surface area contributed by atoms with E-state index in [0.29, 0.717) is 57.1 Å². The molecule has 12 nitrogen and oxygen atoms in total. The average molecular weight is 1030 g/mol. The van der Waals surface area contributed by atoms with Crippen LogP contribution in [0.2, 0.25) is 0 Å². The van der Waals surface area contributed by atoms with Crippen molar-refractivity contribution < 1.29 is 48.7 Å². The Hall–Kier alpha value is -3.74. The molecule has 8 aliphatic rings. The highest BCUT2D eigenvalue weighted by Crippen LogP contribution is 2.70. The van der Waals surface area contributed by atoms with Gasteiger partial charge in [0, 0.05) is 62.3 Å². The summed E-state index contributed by atoms with van der Waals surface area (Å²) in [6.45, 7) is 18.5. The Morgan fingerprint density at radius 1 is 0.892 bits per heavy atom. The van der Waals surface area contributed by atoms with Crippen molar-refractivity contribution in [2.75, 3.05) is 31.6 Å². The molecule has 1 amide bonds. The first kappa shape index (κ1) is 55.0. The lowest BCUT2D eigenvalue weighted by atomic mass is 9.43. The zero-order valence-corrected chi connectivity index (χ0v) is 46.5. The van der Waals surface area contributed by atoms with Gasteiger partial charge in [-0.3, -0.25) is 14.4 Å². The molecule has 2 unspecified atom stereocenters. The number of aliphatic hydroxyl groups excluding tert-OH is 1. The zero-order chi connectivity index (χ0) is 53.1. The van der Waals surface area contributed by atoms with Crippen LogP contribution in [0.4, 0.5) is 10.5 Å². The van der Waals surface area contributed by atoms with E-state index in [1.165, 1.54) is 16.7 Å². The minimum atomic E-state index is -0.784. The van der Waals surface area contributed by atoms with Gasteiger partial charge >= 0.3 is 18.0 Å². The van der Waals surface area contributed by atoms with Gasteiger partial charge in [-0.25, -0.2) is 4.79 Å². The number of esters is 1. The Kier molecular flexibility index (Phi) is 15.8. The minimum Gasteiger partial charge on any atom is -0.481 e. The molecule has 1 aromatic carbocycles. The Balaban J connectivity index is 0.854. The number of aliphatic hydroxyl groups is 2. The van der Waals surface area contributed by atoms with Crippen molar-refractivity contribution in [2.45, 2.75) is 213 Å². The molecule has 74 heavy (non-hydrogen) atoms. The van der Waals surface area contributed by atoms with Crippen LogP contribution in [0.3, 0.4) is 0 Å². The van der Waals surface area contributed by atoms with Crippen molar-refractivity contribution in [3.63, 3.8) is 0 Å². The Bertz CT molecular complexity index is 2320. The van der Waals surface area contributed by atoms with Gasteiger partial charge in [0.05, 0.1) is 24.4 Å². The Labute approximate surface area is 442 Å².